The molecular weight excluding hydrogens is 286 g/mol. The lowest BCUT2D eigenvalue weighted by Crippen LogP contribution is -2.29. The average molecular weight is 309 g/mol. The van der Waals surface area contributed by atoms with Gasteiger partial charge in [-0.3, -0.25) is 4.79 Å². The van der Waals surface area contributed by atoms with Crippen molar-refractivity contribution < 1.29 is 19.1 Å². The fourth-order valence-electron chi connectivity index (χ4n) is 1.58. The zero-order valence-electron chi connectivity index (χ0n) is 13.1. The van der Waals surface area contributed by atoms with Crippen molar-refractivity contribution in [3.63, 3.8) is 0 Å². The van der Waals surface area contributed by atoms with E-state index in [1.165, 1.54) is 7.05 Å². The molecule has 3 amide bonds. The molecule has 0 aliphatic heterocycles. The zero-order chi connectivity index (χ0) is 16.4. The monoisotopic (exact) mass is 309 g/mol. The van der Waals surface area contributed by atoms with Crippen LogP contribution in [0.2, 0.25) is 0 Å². The molecule has 1 aromatic rings. The second-order valence-corrected chi connectivity index (χ2v) is 4.48. The molecule has 0 saturated heterocycles. The molecule has 0 aliphatic rings. The summed E-state index contributed by atoms with van der Waals surface area (Å²) in [6.07, 6.45) is -0.566. The number of hydrogen-bond donors (Lipinski definition) is 3. The molecule has 0 aliphatic carbocycles. The molecule has 0 spiro atoms. The van der Waals surface area contributed by atoms with Gasteiger partial charge in [-0.25, -0.2) is 4.79 Å². The standard InChI is InChI=1S/C15H23N3O4/c1-4-21-9-10-22-11(2)14(19)17-12-5-7-13(8-6-12)18-15(20)16-3/h5-8,11H,4,9-10H2,1-3H3,(H,17,19)(H2,16,18,20). The number of carbonyl (C=O) groups excluding carboxylic acids is 2. The Hall–Kier alpha value is -2.12. The van der Waals surface area contributed by atoms with Gasteiger partial charge < -0.3 is 25.4 Å². The van der Waals surface area contributed by atoms with Crippen molar-refractivity contribution in [1.29, 1.82) is 0 Å². The first-order valence-corrected chi connectivity index (χ1v) is 7.15. The van der Waals surface area contributed by atoms with Crippen molar-refractivity contribution in [3.05, 3.63) is 24.3 Å². The quantitative estimate of drug-likeness (QED) is 0.639. The first-order valence-electron chi connectivity index (χ1n) is 7.15. The van der Waals surface area contributed by atoms with Crippen LogP contribution in [0.25, 0.3) is 0 Å². The van der Waals surface area contributed by atoms with Crippen molar-refractivity contribution in [3.8, 4) is 0 Å². The smallest absolute Gasteiger partial charge is 0.318 e. The average Bonchev–Trinajstić information content (AvgIpc) is 2.53. The van der Waals surface area contributed by atoms with E-state index >= 15 is 0 Å². The van der Waals surface area contributed by atoms with Crippen LogP contribution in [-0.4, -0.2) is 44.9 Å². The van der Waals surface area contributed by atoms with E-state index in [9.17, 15) is 9.59 Å². The molecule has 1 unspecified atom stereocenters. The van der Waals surface area contributed by atoms with E-state index in [1.807, 2.05) is 6.92 Å². The summed E-state index contributed by atoms with van der Waals surface area (Å²) in [7, 11) is 1.54. The maximum Gasteiger partial charge on any atom is 0.318 e. The van der Waals surface area contributed by atoms with E-state index < -0.39 is 6.10 Å². The Bertz CT molecular complexity index is 476. The van der Waals surface area contributed by atoms with Crippen molar-refractivity contribution >= 4 is 23.3 Å². The van der Waals surface area contributed by atoms with Gasteiger partial charge in [0.2, 0.25) is 0 Å². The summed E-state index contributed by atoms with van der Waals surface area (Å²) < 4.78 is 10.5. The van der Waals surface area contributed by atoms with Crippen LogP contribution in [0.5, 0.6) is 0 Å². The van der Waals surface area contributed by atoms with Crippen LogP contribution in [0, 0.1) is 0 Å². The van der Waals surface area contributed by atoms with Crippen LogP contribution in [0.4, 0.5) is 16.2 Å². The first kappa shape index (κ1) is 17.9. The lowest BCUT2D eigenvalue weighted by Gasteiger charge is -2.13. The minimum atomic E-state index is -0.566. The molecule has 0 aromatic heterocycles. The third-order valence-corrected chi connectivity index (χ3v) is 2.81. The lowest BCUT2D eigenvalue weighted by molar-refractivity contribution is -0.127. The Morgan fingerprint density at radius 1 is 1.09 bits per heavy atom. The molecular formula is C15H23N3O4. The highest BCUT2D eigenvalue weighted by Crippen LogP contribution is 2.14. The molecule has 1 rings (SSSR count). The van der Waals surface area contributed by atoms with Gasteiger partial charge >= 0.3 is 6.03 Å². The largest absolute Gasteiger partial charge is 0.379 e. The molecule has 0 radical (unpaired) electrons. The van der Waals surface area contributed by atoms with Crippen LogP contribution in [0.1, 0.15) is 13.8 Å². The van der Waals surface area contributed by atoms with Gasteiger partial charge in [-0.1, -0.05) is 0 Å². The zero-order valence-corrected chi connectivity index (χ0v) is 13.1. The van der Waals surface area contributed by atoms with E-state index in [4.69, 9.17) is 9.47 Å². The van der Waals surface area contributed by atoms with Gasteiger partial charge in [-0.05, 0) is 38.1 Å². The summed E-state index contributed by atoms with van der Waals surface area (Å²) in [6.45, 7) is 5.05. The highest BCUT2D eigenvalue weighted by atomic mass is 16.5. The Labute approximate surface area is 130 Å². The Balaban J connectivity index is 2.42. The number of benzene rings is 1. The molecule has 1 aromatic carbocycles. The number of amides is 3. The molecule has 7 heteroatoms. The van der Waals surface area contributed by atoms with E-state index in [0.717, 1.165) is 0 Å². The van der Waals surface area contributed by atoms with Crippen LogP contribution >= 0.6 is 0 Å². The maximum absolute atomic E-state index is 11.9. The van der Waals surface area contributed by atoms with Gasteiger partial charge in [0.05, 0.1) is 13.2 Å². The van der Waals surface area contributed by atoms with Crippen LogP contribution in [0.15, 0.2) is 24.3 Å². The molecule has 0 saturated carbocycles. The Morgan fingerprint density at radius 3 is 2.23 bits per heavy atom. The van der Waals surface area contributed by atoms with Gasteiger partial charge in [0.15, 0.2) is 0 Å². The number of ether oxygens (including phenoxy) is 2. The third-order valence-electron chi connectivity index (χ3n) is 2.81. The Morgan fingerprint density at radius 2 is 1.68 bits per heavy atom. The molecule has 0 fully saturated rings. The fourth-order valence-corrected chi connectivity index (χ4v) is 1.58. The highest BCUT2D eigenvalue weighted by molar-refractivity contribution is 5.94. The predicted octanol–water partition coefficient (Wildman–Crippen LogP) is 1.82. The summed E-state index contributed by atoms with van der Waals surface area (Å²) in [6, 6.07) is 6.51. The number of anilines is 2. The third kappa shape index (κ3) is 6.55. The van der Waals surface area contributed by atoms with Crippen LogP contribution < -0.4 is 16.0 Å². The maximum atomic E-state index is 11.9. The molecule has 122 valence electrons. The molecule has 1 atom stereocenters. The molecule has 0 bridgehead atoms. The minimum Gasteiger partial charge on any atom is -0.379 e. The molecule has 22 heavy (non-hydrogen) atoms. The second kappa shape index (κ2) is 9.75. The van der Waals surface area contributed by atoms with Crippen LogP contribution in [0.3, 0.4) is 0 Å². The van der Waals surface area contributed by atoms with E-state index in [0.29, 0.717) is 31.2 Å². The lowest BCUT2D eigenvalue weighted by atomic mass is 10.2. The molecule has 3 N–H and O–H groups in total. The summed E-state index contributed by atoms with van der Waals surface area (Å²) in [5, 5.41) is 7.83. The summed E-state index contributed by atoms with van der Waals surface area (Å²) in [5.41, 5.74) is 1.27. The van der Waals surface area contributed by atoms with E-state index in [1.54, 1.807) is 31.2 Å². The summed E-state index contributed by atoms with van der Waals surface area (Å²) in [5.74, 6) is -0.233. The molecule has 0 heterocycles. The van der Waals surface area contributed by atoms with Gasteiger partial charge in [-0.2, -0.15) is 0 Å². The van der Waals surface area contributed by atoms with Gasteiger partial charge in [0, 0.05) is 25.0 Å². The van der Waals surface area contributed by atoms with Gasteiger partial charge in [0.1, 0.15) is 6.10 Å². The van der Waals surface area contributed by atoms with Crippen molar-refractivity contribution in [2.24, 2.45) is 0 Å². The minimum absolute atomic E-state index is 0.233. The van der Waals surface area contributed by atoms with Crippen LogP contribution in [-0.2, 0) is 14.3 Å². The SMILES string of the molecule is CCOCCOC(C)C(=O)Nc1ccc(NC(=O)NC)cc1. The summed E-state index contributed by atoms with van der Waals surface area (Å²) >= 11 is 0. The topological polar surface area (TPSA) is 88.7 Å². The molecule has 7 nitrogen and oxygen atoms in total. The number of nitrogens with one attached hydrogen (secondary N) is 3. The fraction of sp³-hybridized carbons (Fsp3) is 0.467. The second-order valence-electron chi connectivity index (χ2n) is 4.48. The van der Waals surface area contributed by atoms with Crippen molar-refractivity contribution in [2.75, 3.05) is 37.5 Å². The van der Waals surface area contributed by atoms with Gasteiger partial charge in [0.25, 0.3) is 5.91 Å². The van der Waals surface area contributed by atoms with E-state index in [-0.39, 0.29) is 11.9 Å². The number of hydrogen-bond acceptors (Lipinski definition) is 4. The number of rotatable bonds is 8. The van der Waals surface area contributed by atoms with Crippen molar-refractivity contribution in [1.82, 2.24) is 5.32 Å². The van der Waals surface area contributed by atoms with E-state index in [2.05, 4.69) is 16.0 Å². The van der Waals surface area contributed by atoms with Gasteiger partial charge in [-0.15, -0.1) is 0 Å². The number of urea groups is 1. The normalized spacial score (nSPS) is 11.6. The Kier molecular flexibility index (Phi) is 7.95. The first-order chi connectivity index (χ1) is 10.6. The highest BCUT2D eigenvalue weighted by Gasteiger charge is 2.13. The number of carbonyl (C=O) groups is 2. The predicted molar refractivity (Wildman–Crippen MR) is 85.1 cm³/mol. The summed E-state index contributed by atoms with van der Waals surface area (Å²) in [4.78, 5) is 23.1. The van der Waals surface area contributed by atoms with Crippen molar-refractivity contribution in [2.45, 2.75) is 20.0 Å².